The summed E-state index contributed by atoms with van der Waals surface area (Å²) >= 11 is 0. The molecule has 39 heavy (non-hydrogen) atoms. The molecule has 2 aromatic heterocycles. The van der Waals surface area contributed by atoms with Crippen LogP contribution in [-0.4, -0.2) is 34.5 Å². The molecule has 0 radical (unpaired) electrons. The summed E-state index contributed by atoms with van der Waals surface area (Å²) in [7, 11) is -4.10. The van der Waals surface area contributed by atoms with Crippen LogP contribution < -0.4 is 10.4 Å². The van der Waals surface area contributed by atoms with Crippen LogP contribution in [0.1, 0.15) is 18.2 Å². The molecule has 5 rings (SSSR count). The molecular formula is C22H14F8N4O4S. The zero-order chi connectivity index (χ0) is 28.7. The van der Waals surface area contributed by atoms with Crippen molar-refractivity contribution >= 4 is 21.0 Å². The van der Waals surface area contributed by atoms with Gasteiger partial charge in [0, 0.05) is 23.9 Å². The van der Waals surface area contributed by atoms with Crippen LogP contribution in [0.25, 0.3) is 27.9 Å². The number of sulfonamides is 1. The number of fused-ring (bicyclic) bond motifs is 2. The maximum atomic E-state index is 15.1. The highest BCUT2D eigenvalue weighted by Crippen LogP contribution is 2.42. The lowest BCUT2D eigenvalue weighted by molar-refractivity contribution is -0.137. The van der Waals surface area contributed by atoms with E-state index in [1.165, 1.54) is 6.92 Å². The van der Waals surface area contributed by atoms with Crippen molar-refractivity contribution in [3.8, 4) is 16.9 Å². The molecule has 0 aliphatic carbocycles. The molecule has 0 bridgehead atoms. The normalized spacial score (nSPS) is 17.2. The number of alkyl halides is 5. The van der Waals surface area contributed by atoms with Crippen LogP contribution >= 0.6 is 0 Å². The molecule has 2 aromatic carbocycles. The largest absolute Gasteiger partial charge is 0.416 e. The van der Waals surface area contributed by atoms with Crippen LogP contribution in [-0.2, 0) is 28.7 Å². The first-order valence-corrected chi connectivity index (χ1v) is 12.6. The minimum absolute atomic E-state index is 0.217. The third-order valence-electron chi connectivity index (χ3n) is 6.21. The molecular weight excluding hydrogens is 568 g/mol. The highest BCUT2D eigenvalue weighted by atomic mass is 32.2. The van der Waals surface area contributed by atoms with Crippen molar-refractivity contribution in [3.63, 3.8) is 0 Å². The second-order valence-corrected chi connectivity index (χ2v) is 10.7. The third kappa shape index (κ3) is 4.28. The molecule has 1 aliphatic rings. The van der Waals surface area contributed by atoms with Gasteiger partial charge in [0.25, 0.3) is 0 Å². The molecule has 0 saturated heterocycles. The fourth-order valence-corrected chi connectivity index (χ4v) is 5.17. The van der Waals surface area contributed by atoms with E-state index in [9.17, 15) is 39.6 Å². The quantitative estimate of drug-likeness (QED) is 0.354. The van der Waals surface area contributed by atoms with Gasteiger partial charge in [-0.3, -0.25) is 4.57 Å². The predicted octanol–water partition coefficient (Wildman–Crippen LogP) is 4.30. The van der Waals surface area contributed by atoms with Crippen LogP contribution in [0.2, 0.25) is 0 Å². The van der Waals surface area contributed by atoms with E-state index in [-0.39, 0.29) is 12.1 Å². The first-order chi connectivity index (χ1) is 18.0. The van der Waals surface area contributed by atoms with Gasteiger partial charge in [-0.25, -0.2) is 35.7 Å². The number of imidazole rings is 1. The van der Waals surface area contributed by atoms with Crippen molar-refractivity contribution in [1.82, 2.24) is 19.0 Å². The molecule has 208 valence electrons. The van der Waals surface area contributed by atoms with Crippen molar-refractivity contribution in [2.45, 2.75) is 31.6 Å². The van der Waals surface area contributed by atoms with E-state index in [1.807, 2.05) is 0 Å². The van der Waals surface area contributed by atoms with Gasteiger partial charge < -0.3 is 4.52 Å². The Kier molecular flexibility index (Phi) is 5.95. The van der Waals surface area contributed by atoms with Gasteiger partial charge in [-0.2, -0.15) is 22.0 Å². The van der Waals surface area contributed by atoms with Crippen molar-refractivity contribution < 1.29 is 48.1 Å². The minimum atomic E-state index is -5.04. The van der Waals surface area contributed by atoms with Gasteiger partial charge in [-0.15, -0.1) is 0 Å². The molecule has 0 fully saturated rings. The summed E-state index contributed by atoms with van der Waals surface area (Å²) in [6, 6.07) is -0.834. The second kappa shape index (κ2) is 8.64. The van der Waals surface area contributed by atoms with Gasteiger partial charge in [0.1, 0.15) is 29.2 Å². The summed E-state index contributed by atoms with van der Waals surface area (Å²) in [5, 5.41) is 2.93. The van der Waals surface area contributed by atoms with Crippen LogP contribution in [0.15, 0.2) is 39.8 Å². The Hall–Kier alpha value is -3.73. The molecule has 0 unspecified atom stereocenters. The average Bonchev–Trinajstić information content (AvgIpc) is 3.45. The van der Waals surface area contributed by atoms with Gasteiger partial charge in [-0.05, 0) is 19.1 Å². The molecule has 1 atom stereocenters. The van der Waals surface area contributed by atoms with Crippen molar-refractivity contribution in [2.24, 2.45) is 0 Å². The van der Waals surface area contributed by atoms with E-state index in [0.29, 0.717) is 27.5 Å². The number of rotatable bonds is 5. The van der Waals surface area contributed by atoms with E-state index in [4.69, 9.17) is 4.52 Å². The van der Waals surface area contributed by atoms with Crippen LogP contribution in [0.4, 0.5) is 35.1 Å². The van der Waals surface area contributed by atoms with Crippen LogP contribution in [0, 0.1) is 17.5 Å². The number of benzene rings is 2. The first kappa shape index (κ1) is 26.9. The lowest BCUT2D eigenvalue weighted by Gasteiger charge is -2.19. The van der Waals surface area contributed by atoms with E-state index >= 15 is 8.78 Å². The zero-order valence-electron chi connectivity index (χ0n) is 19.3. The van der Waals surface area contributed by atoms with Crippen LogP contribution in [0.3, 0.4) is 0 Å². The van der Waals surface area contributed by atoms with E-state index in [0.717, 1.165) is 0 Å². The number of hydrogen-bond acceptors (Lipinski definition) is 5. The standard InChI is InChI=1S/C22H14F8N4O4S/c1-2-39(36,37)32-15-7-33-16(21(15,26)27)8-34(20(33)35)19-18-11(17-12(24)5-10(23)6-13(17)25)3-9(22(28,29)30)4-14(18)38-31-19/h3-6,8,15,32H,2,7H2,1H3/t15-/m1/s1. The number of aromatic nitrogens is 3. The Morgan fingerprint density at radius 3 is 2.33 bits per heavy atom. The van der Waals surface area contributed by atoms with E-state index in [2.05, 4.69) is 5.16 Å². The van der Waals surface area contributed by atoms with Crippen molar-refractivity contribution in [2.75, 3.05) is 5.75 Å². The molecule has 17 heteroatoms. The molecule has 4 aromatic rings. The van der Waals surface area contributed by atoms with Gasteiger partial charge in [-0.1, -0.05) is 5.16 Å². The Balaban J connectivity index is 1.74. The maximum Gasteiger partial charge on any atom is 0.416 e. The summed E-state index contributed by atoms with van der Waals surface area (Å²) in [5.41, 5.74) is -6.28. The molecule has 0 spiro atoms. The zero-order valence-corrected chi connectivity index (χ0v) is 20.1. The fourth-order valence-electron chi connectivity index (χ4n) is 4.34. The Morgan fingerprint density at radius 2 is 1.77 bits per heavy atom. The van der Waals surface area contributed by atoms with Gasteiger partial charge in [0.15, 0.2) is 11.4 Å². The second-order valence-electron chi connectivity index (χ2n) is 8.62. The lowest BCUT2D eigenvalue weighted by atomic mass is 9.97. The molecule has 0 amide bonds. The number of hydrogen-bond donors (Lipinski definition) is 1. The predicted molar refractivity (Wildman–Crippen MR) is 118 cm³/mol. The maximum absolute atomic E-state index is 15.1. The highest BCUT2D eigenvalue weighted by Gasteiger charge is 2.52. The van der Waals surface area contributed by atoms with Crippen molar-refractivity contribution in [1.29, 1.82) is 0 Å². The summed E-state index contributed by atoms with van der Waals surface area (Å²) in [4.78, 5) is 13.1. The van der Waals surface area contributed by atoms with Gasteiger partial charge >= 0.3 is 17.8 Å². The summed E-state index contributed by atoms with van der Waals surface area (Å²) in [6.07, 6.45) is -4.47. The smallest absolute Gasteiger partial charge is 0.354 e. The van der Waals surface area contributed by atoms with Gasteiger partial charge in [0.2, 0.25) is 10.0 Å². The number of nitrogens with one attached hydrogen (secondary N) is 1. The molecule has 3 heterocycles. The molecule has 0 saturated carbocycles. The Morgan fingerprint density at radius 1 is 1.13 bits per heavy atom. The van der Waals surface area contributed by atoms with Crippen molar-refractivity contribution in [3.05, 3.63) is 69.7 Å². The Labute approximate surface area is 212 Å². The topological polar surface area (TPSA) is 99.1 Å². The first-order valence-electron chi connectivity index (χ1n) is 10.9. The third-order valence-corrected chi connectivity index (χ3v) is 7.62. The monoisotopic (exact) mass is 582 g/mol. The summed E-state index contributed by atoms with van der Waals surface area (Å²) < 4.78 is 145. The number of nitrogens with zero attached hydrogens (tertiary/aromatic N) is 3. The minimum Gasteiger partial charge on any atom is -0.354 e. The SMILES string of the molecule is CCS(=O)(=O)N[C@@H]1Cn2c(cn(-c3noc4cc(C(F)(F)F)cc(-c5c(F)cc(F)cc5F)c34)c2=O)C1(F)F. The molecule has 8 nitrogen and oxygen atoms in total. The fraction of sp³-hybridized carbons (Fsp3) is 0.273. The van der Waals surface area contributed by atoms with Gasteiger partial charge in [0.05, 0.1) is 28.8 Å². The number of halogens is 8. The molecule has 1 N–H and O–H groups in total. The van der Waals surface area contributed by atoms with E-state index < -0.39 is 103 Å². The molecule has 1 aliphatic heterocycles. The summed E-state index contributed by atoms with van der Waals surface area (Å²) in [6.45, 7) is 0.405. The average molecular weight is 582 g/mol. The van der Waals surface area contributed by atoms with E-state index in [1.54, 1.807) is 4.72 Å². The lowest BCUT2D eigenvalue weighted by Crippen LogP contribution is -2.45. The summed E-state index contributed by atoms with van der Waals surface area (Å²) in [5.74, 6) is -9.66. The highest BCUT2D eigenvalue weighted by molar-refractivity contribution is 7.89. The Bertz CT molecular complexity index is 1780. The van der Waals surface area contributed by atoms with Crippen LogP contribution in [0.5, 0.6) is 0 Å².